The minimum Gasteiger partial charge on any atom is -0.353 e. The highest BCUT2D eigenvalue weighted by atomic mass is 16.2. The Bertz CT molecular complexity index is 234. The maximum Gasteiger partial charge on any atom is 0.238 e. The number of carbonyl (C=O) groups is 1. The number of likely N-dealkylation sites (N-methyl/N-ethyl adjacent to an activating group) is 1. The van der Waals surface area contributed by atoms with E-state index >= 15 is 0 Å². The van der Waals surface area contributed by atoms with Crippen molar-refractivity contribution in [1.82, 2.24) is 20.9 Å². The van der Waals surface area contributed by atoms with E-state index < -0.39 is 0 Å². The van der Waals surface area contributed by atoms with Crippen LogP contribution >= 0.6 is 0 Å². The van der Waals surface area contributed by atoms with E-state index in [4.69, 9.17) is 0 Å². The van der Waals surface area contributed by atoms with Crippen LogP contribution in [0.2, 0.25) is 0 Å². The highest BCUT2D eigenvalue weighted by Crippen LogP contribution is 2.07. The van der Waals surface area contributed by atoms with Gasteiger partial charge < -0.3 is 20.9 Å². The topological polar surface area (TPSA) is 56.4 Å². The lowest BCUT2D eigenvalue weighted by Crippen LogP contribution is -2.58. The molecule has 94 valence electrons. The Hall–Kier alpha value is -0.650. The van der Waals surface area contributed by atoms with Crippen molar-refractivity contribution >= 4 is 5.91 Å². The van der Waals surface area contributed by atoms with Crippen molar-refractivity contribution < 1.29 is 4.79 Å². The zero-order valence-corrected chi connectivity index (χ0v) is 10.8. The second kappa shape index (κ2) is 5.61. The van der Waals surface area contributed by atoms with Gasteiger partial charge in [-0.15, -0.1) is 0 Å². The molecular weight excluding hydrogens is 204 g/mol. The SMILES string of the molecule is CN(C)C(C)(C)CNC(=O)C1CNCCN1. The van der Waals surface area contributed by atoms with Crippen molar-refractivity contribution in [3.8, 4) is 0 Å². The second-order valence-corrected chi connectivity index (χ2v) is 5.14. The van der Waals surface area contributed by atoms with Crippen molar-refractivity contribution in [3.05, 3.63) is 0 Å². The minimum absolute atomic E-state index is 0.0161. The highest BCUT2D eigenvalue weighted by molar-refractivity contribution is 5.82. The van der Waals surface area contributed by atoms with E-state index in [2.05, 4.69) is 34.7 Å². The molecule has 0 aromatic carbocycles. The fourth-order valence-electron chi connectivity index (χ4n) is 1.42. The van der Waals surface area contributed by atoms with E-state index in [-0.39, 0.29) is 17.5 Å². The monoisotopic (exact) mass is 228 g/mol. The average molecular weight is 228 g/mol. The maximum atomic E-state index is 11.8. The number of amides is 1. The largest absolute Gasteiger partial charge is 0.353 e. The first-order valence-corrected chi connectivity index (χ1v) is 5.83. The third-order valence-electron chi connectivity index (χ3n) is 3.26. The van der Waals surface area contributed by atoms with Crippen LogP contribution in [0.5, 0.6) is 0 Å². The van der Waals surface area contributed by atoms with Gasteiger partial charge in [0, 0.05) is 31.7 Å². The third kappa shape index (κ3) is 3.73. The zero-order valence-electron chi connectivity index (χ0n) is 10.8. The quantitative estimate of drug-likeness (QED) is 0.578. The van der Waals surface area contributed by atoms with Gasteiger partial charge in [0.2, 0.25) is 5.91 Å². The molecule has 1 saturated heterocycles. The maximum absolute atomic E-state index is 11.8. The van der Waals surface area contributed by atoms with Crippen LogP contribution in [0.3, 0.4) is 0 Å². The number of nitrogens with zero attached hydrogens (tertiary/aromatic N) is 1. The minimum atomic E-state index is -0.0910. The average Bonchev–Trinajstić information content (AvgIpc) is 2.27. The van der Waals surface area contributed by atoms with Crippen molar-refractivity contribution in [3.63, 3.8) is 0 Å². The summed E-state index contributed by atoms with van der Waals surface area (Å²) in [5.74, 6) is 0.0853. The van der Waals surface area contributed by atoms with Gasteiger partial charge in [0.1, 0.15) is 0 Å². The van der Waals surface area contributed by atoms with Gasteiger partial charge in [-0.1, -0.05) is 0 Å². The van der Waals surface area contributed by atoms with Crippen LogP contribution in [0.25, 0.3) is 0 Å². The van der Waals surface area contributed by atoms with Gasteiger partial charge in [0.15, 0.2) is 0 Å². The lowest BCUT2D eigenvalue weighted by molar-refractivity contribution is -0.123. The third-order valence-corrected chi connectivity index (χ3v) is 3.26. The first kappa shape index (κ1) is 13.4. The Morgan fingerprint density at radius 3 is 2.62 bits per heavy atom. The molecule has 0 aromatic rings. The van der Waals surface area contributed by atoms with Crippen molar-refractivity contribution in [2.45, 2.75) is 25.4 Å². The Kier molecular flexibility index (Phi) is 4.70. The van der Waals surface area contributed by atoms with Gasteiger partial charge in [0.25, 0.3) is 0 Å². The molecule has 5 heteroatoms. The number of nitrogens with one attached hydrogen (secondary N) is 3. The predicted octanol–water partition coefficient (Wildman–Crippen LogP) is -0.996. The molecule has 0 radical (unpaired) electrons. The molecule has 1 amide bonds. The van der Waals surface area contributed by atoms with Crippen LogP contribution in [-0.4, -0.2) is 62.7 Å². The molecule has 1 unspecified atom stereocenters. The molecular formula is C11H24N4O. The summed E-state index contributed by atoms with van der Waals surface area (Å²) >= 11 is 0. The summed E-state index contributed by atoms with van der Waals surface area (Å²) in [6.07, 6.45) is 0. The molecule has 1 heterocycles. The Labute approximate surface area is 98.0 Å². The van der Waals surface area contributed by atoms with Crippen molar-refractivity contribution in [1.29, 1.82) is 0 Å². The number of rotatable bonds is 4. The Morgan fingerprint density at radius 2 is 2.12 bits per heavy atom. The molecule has 1 aliphatic heterocycles. The van der Waals surface area contributed by atoms with E-state index in [1.165, 1.54) is 0 Å². The molecule has 16 heavy (non-hydrogen) atoms. The fraction of sp³-hybridized carbons (Fsp3) is 0.909. The summed E-state index contributed by atoms with van der Waals surface area (Å²) < 4.78 is 0. The van der Waals surface area contributed by atoms with Gasteiger partial charge in [-0.2, -0.15) is 0 Å². The highest BCUT2D eigenvalue weighted by Gasteiger charge is 2.24. The van der Waals surface area contributed by atoms with E-state index in [0.717, 1.165) is 13.1 Å². The summed E-state index contributed by atoms with van der Waals surface area (Å²) in [7, 11) is 4.04. The van der Waals surface area contributed by atoms with Crippen LogP contribution in [0.1, 0.15) is 13.8 Å². The molecule has 1 aliphatic rings. The molecule has 0 aromatic heterocycles. The van der Waals surface area contributed by atoms with Gasteiger partial charge in [-0.25, -0.2) is 0 Å². The second-order valence-electron chi connectivity index (χ2n) is 5.14. The molecule has 3 N–H and O–H groups in total. The number of piperazine rings is 1. The lowest BCUT2D eigenvalue weighted by Gasteiger charge is -2.33. The number of hydrogen-bond acceptors (Lipinski definition) is 4. The molecule has 1 rings (SSSR count). The van der Waals surface area contributed by atoms with Gasteiger partial charge in [-0.3, -0.25) is 4.79 Å². The summed E-state index contributed by atoms with van der Waals surface area (Å²) in [4.78, 5) is 13.9. The molecule has 1 atom stereocenters. The van der Waals surface area contributed by atoms with Crippen LogP contribution < -0.4 is 16.0 Å². The first-order chi connectivity index (χ1) is 7.43. The van der Waals surface area contributed by atoms with Gasteiger partial charge >= 0.3 is 0 Å². The van der Waals surface area contributed by atoms with E-state index in [9.17, 15) is 4.79 Å². The molecule has 0 saturated carbocycles. The molecule has 0 aliphatic carbocycles. The lowest BCUT2D eigenvalue weighted by atomic mass is 10.0. The molecule has 1 fully saturated rings. The molecule has 0 bridgehead atoms. The van der Waals surface area contributed by atoms with Crippen molar-refractivity contribution in [2.24, 2.45) is 0 Å². The standard InChI is InChI=1S/C11H24N4O/c1-11(2,15(3)4)8-14-10(16)9-7-12-5-6-13-9/h9,12-13H,5-8H2,1-4H3,(H,14,16). The fourth-order valence-corrected chi connectivity index (χ4v) is 1.42. The summed E-state index contributed by atoms with van der Waals surface area (Å²) in [5.41, 5.74) is -0.0161. The predicted molar refractivity (Wildman–Crippen MR) is 65.4 cm³/mol. The summed E-state index contributed by atoms with van der Waals surface area (Å²) in [5, 5.41) is 9.39. The Morgan fingerprint density at radius 1 is 1.44 bits per heavy atom. The van der Waals surface area contributed by atoms with Crippen molar-refractivity contribution in [2.75, 3.05) is 40.3 Å². The number of hydrogen-bond donors (Lipinski definition) is 3. The van der Waals surface area contributed by atoms with Crippen LogP contribution in [0.4, 0.5) is 0 Å². The molecule has 5 nitrogen and oxygen atoms in total. The number of carbonyl (C=O) groups excluding carboxylic acids is 1. The summed E-state index contributed by atoms with van der Waals surface area (Å²) in [6, 6.07) is -0.0910. The van der Waals surface area contributed by atoms with Gasteiger partial charge in [-0.05, 0) is 27.9 Å². The van der Waals surface area contributed by atoms with E-state index in [0.29, 0.717) is 13.1 Å². The normalized spacial score (nSPS) is 22.2. The summed E-state index contributed by atoms with van der Waals surface area (Å²) in [6.45, 7) is 7.40. The Balaban J connectivity index is 2.34. The smallest absolute Gasteiger partial charge is 0.238 e. The van der Waals surface area contributed by atoms with Crippen LogP contribution in [0, 0.1) is 0 Å². The van der Waals surface area contributed by atoms with Crippen LogP contribution in [-0.2, 0) is 4.79 Å². The van der Waals surface area contributed by atoms with E-state index in [1.54, 1.807) is 0 Å². The first-order valence-electron chi connectivity index (χ1n) is 5.83. The zero-order chi connectivity index (χ0) is 12.2. The van der Waals surface area contributed by atoms with Crippen LogP contribution in [0.15, 0.2) is 0 Å². The van der Waals surface area contributed by atoms with E-state index in [1.807, 2.05) is 14.1 Å². The van der Waals surface area contributed by atoms with Gasteiger partial charge in [0.05, 0.1) is 6.04 Å². The molecule has 0 spiro atoms.